The Morgan fingerprint density at radius 2 is 2.05 bits per heavy atom. The topological polar surface area (TPSA) is 47.0 Å². The summed E-state index contributed by atoms with van der Waals surface area (Å²) in [4.78, 5) is 8.34. The van der Waals surface area contributed by atoms with Gasteiger partial charge in [0.05, 0.1) is 12.2 Å². The highest BCUT2D eigenvalue weighted by atomic mass is 35.5. The van der Waals surface area contributed by atoms with Crippen LogP contribution in [0.3, 0.4) is 0 Å². The highest BCUT2D eigenvalue weighted by molar-refractivity contribution is 6.35. The van der Waals surface area contributed by atoms with Crippen LogP contribution in [-0.2, 0) is 6.42 Å². The molecule has 2 aromatic rings. The monoisotopic (exact) mass is 325 g/mol. The van der Waals surface area contributed by atoms with E-state index in [-0.39, 0.29) is 0 Å². The van der Waals surface area contributed by atoms with Crippen LogP contribution in [0.4, 0.5) is 5.82 Å². The van der Waals surface area contributed by atoms with E-state index in [0.717, 1.165) is 23.4 Å². The van der Waals surface area contributed by atoms with Gasteiger partial charge in [0.15, 0.2) is 0 Å². The number of anilines is 1. The zero-order valence-electron chi connectivity index (χ0n) is 12.0. The molecule has 1 heterocycles. The molecule has 2 rings (SSSR count). The third kappa shape index (κ3) is 4.22. The second kappa shape index (κ2) is 7.48. The third-order valence-corrected chi connectivity index (χ3v) is 3.61. The fourth-order valence-electron chi connectivity index (χ4n) is 1.93. The number of halogens is 2. The van der Waals surface area contributed by atoms with E-state index in [4.69, 9.17) is 27.9 Å². The maximum absolute atomic E-state index is 6.15. The second-order valence-corrected chi connectivity index (χ2v) is 5.34. The van der Waals surface area contributed by atoms with Crippen molar-refractivity contribution in [1.82, 2.24) is 9.97 Å². The summed E-state index contributed by atoms with van der Waals surface area (Å²) in [6.07, 6.45) is 2.28. The predicted octanol–water partition coefficient (Wildman–Crippen LogP) is 4.15. The Hall–Kier alpha value is -1.52. The van der Waals surface area contributed by atoms with Crippen molar-refractivity contribution in [2.75, 3.05) is 18.5 Å². The largest absolute Gasteiger partial charge is 0.478 e. The van der Waals surface area contributed by atoms with Crippen molar-refractivity contribution in [2.24, 2.45) is 0 Å². The highest BCUT2D eigenvalue weighted by Crippen LogP contribution is 2.23. The molecule has 21 heavy (non-hydrogen) atoms. The summed E-state index contributed by atoms with van der Waals surface area (Å²) in [7, 11) is 0. The molecule has 0 amide bonds. The van der Waals surface area contributed by atoms with Gasteiger partial charge in [0.2, 0.25) is 5.88 Å². The van der Waals surface area contributed by atoms with Crippen molar-refractivity contribution < 1.29 is 4.74 Å². The maximum Gasteiger partial charge on any atom is 0.221 e. The van der Waals surface area contributed by atoms with Gasteiger partial charge in [0, 0.05) is 16.6 Å². The lowest BCUT2D eigenvalue weighted by atomic mass is 10.1. The Kier molecular flexibility index (Phi) is 5.65. The minimum atomic E-state index is 0.581. The van der Waals surface area contributed by atoms with E-state index >= 15 is 0 Å². The predicted molar refractivity (Wildman–Crippen MR) is 86.6 cm³/mol. The van der Waals surface area contributed by atoms with Crippen molar-refractivity contribution in [1.29, 1.82) is 0 Å². The molecule has 0 radical (unpaired) electrons. The van der Waals surface area contributed by atoms with Crippen LogP contribution >= 0.6 is 23.2 Å². The van der Waals surface area contributed by atoms with Gasteiger partial charge in [0.25, 0.3) is 0 Å². The van der Waals surface area contributed by atoms with E-state index in [1.807, 2.05) is 26.0 Å². The summed E-state index contributed by atoms with van der Waals surface area (Å²) < 4.78 is 5.45. The average Bonchev–Trinajstić information content (AvgIpc) is 2.45. The second-order valence-electron chi connectivity index (χ2n) is 4.50. The first kappa shape index (κ1) is 15.9. The highest BCUT2D eigenvalue weighted by Gasteiger charge is 2.08. The Morgan fingerprint density at radius 1 is 1.24 bits per heavy atom. The Balaban J connectivity index is 1.99. The number of hydrogen-bond acceptors (Lipinski definition) is 4. The number of ether oxygens (including phenoxy) is 1. The molecule has 6 heteroatoms. The molecule has 0 saturated carbocycles. The quantitative estimate of drug-likeness (QED) is 0.866. The summed E-state index contributed by atoms with van der Waals surface area (Å²) in [5.41, 5.74) is 1.95. The maximum atomic E-state index is 6.15. The summed E-state index contributed by atoms with van der Waals surface area (Å²) in [5.74, 6) is 1.39. The number of aromatic nitrogens is 2. The van der Waals surface area contributed by atoms with Gasteiger partial charge in [-0.3, -0.25) is 0 Å². The molecule has 0 unspecified atom stereocenters. The van der Waals surface area contributed by atoms with E-state index in [1.54, 1.807) is 6.07 Å². The van der Waals surface area contributed by atoms with Crippen molar-refractivity contribution in [2.45, 2.75) is 20.3 Å². The normalized spacial score (nSPS) is 10.5. The van der Waals surface area contributed by atoms with Crippen molar-refractivity contribution in [3.63, 3.8) is 0 Å². The van der Waals surface area contributed by atoms with Gasteiger partial charge in [-0.2, -0.15) is 0 Å². The minimum absolute atomic E-state index is 0.581. The molecular weight excluding hydrogens is 309 g/mol. The number of nitrogens with zero attached hydrogens (tertiary/aromatic N) is 2. The average molecular weight is 326 g/mol. The third-order valence-electron chi connectivity index (χ3n) is 3.02. The number of hydrogen-bond donors (Lipinski definition) is 1. The van der Waals surface area contributed by atoms with Crippen LogP contribution < -0.4 is 10.1 Å². The SMILES string of the molecule is CCOc1ncnc(NCCc2ccc(Cl)cc2Cl)c1C. The molecule has 0 aliphatic carbocycles. The molecule has 0 aliphatic rings. The van der Waals surface area contributed by atoms with Crippen LogP contribution in [0.2, 0.25) is 10.0 Å². The van der Waals surface area contributed by atoms with Crippen molar-refractivity contribution in [3.05, 3.63) is 45.7 Å². The van der Waals surface area contributed by atoms with Crippen molar-refractivity contribution in [3.8, 4) is 5.88 Å². The Labute approximate surface area is 134 Å². The molecule has 112 valence electrons. The molecule has 1 aromatic carbocycles. The lowest BCUT2D eigenvalue weighted by Gasteiger charge is -2.11. The standard InChI is InChI=1S/C15H17Cl2N3O/c1-3-21-15-10(2)14(19-9-20-15)18-7-6-11-4-5-12(16)8-13(11)17/h4-5,8-9H,3,6-7H2,1-2H3,(H,18,19,20). The van der Waals surface area contributed by atoms with E-state index in [0.29, 0.717) is 29.1 Å². The first-order valence-electron chi connectivity index (χ1n) is 6.74. The van der Waals surface area contributed by atoms with Crippen LogP contribution in [0, 0.1) is 6.92 Å². The fourth-order valence-corrected chi connectivity index (χ4v) is 2.44. The summed E-state index contributed by atoms with van der Waals surface area (Å²) >= 11 is 12.0. The number of nitrogens with one attached hydrogen (secondary N) is 1. The zero-order chi connectivity index (χ0) is 15.2. The number of benzene rings is 1. The smallest absolute Gasteiger partial charge is 0.221 e. The molecule has 1 N–H and O–H groups in total. The van der Waals surface area contributed by atoms with Gasteiger partial charge in [-0.1, -0.05) is 29.3 Å². The van der Waals surface area contributed by atoms with Gasteiger partial charge in [0.1, 0.15) is 12.1 Å². The first-order chi connectivity index (χ1) is 10.1. The van der Waals surface area contributed by atoms with Crippen LogP contribution in [0.15, 0.2) is 24.5 Å². The summed E-state index contributed by atoms with van der Waals surface area (Å²) in [6.45, 7) is 5.15. The van der Waals surface area contributed by atoms with Gasteiger partial charge in [-0.15, -0.1) is 0 Å². The van der Waals surface area contributed by atoms with Crippen LogP contribution in [0.25, 0.3) is 0 Å². The molecule has 0 aliphatic heterocycles. The van der Waals surface area contributed by atoms with Crippen molar-refractivity contribution >= 4 is 29.0 Å². The van der Waals surface area contributed by atoms with Crippen LogP contribution in [-0.4, -0.2) is 23.1 Å². The number of rotatable bonds is 6. The molecule has 0 saturated heterocycles. The van der Waals surface area contributed by atoms with Gasteiger partial charge in [-0.05, 0) is 38.0 Å². The van der Waals surface area contributed by atoms with E-state index in [9.17, 15) is 0 Å². The lowest BCUT2D eigenvalue weighted by molar-refractivity contribution is 0.324. The molecule has 0 spiro atoms. The molecular formula is C15H17Cl2N3O. The summed E-state index contributed by atoms with van der Waals surface area (Å²) in [6, 6.07) is 5.53. The zero-order valence-corrected chi connectivity index (χ0v) is 13.5. The molecule has 0 bridgehead atoms. The molecule has 0 atom stereocenters. The first-order valence-corrected chi connectivity index (χ1v) is 7.49. The molecule has 0 fully saturated rings. The van der Waals surface area contributed by atoms with Gasteiger partial charge < -0.3 is 10.1 Å². The fraction of sp³-hybridized carbons (Fsp3) is 0.333. The van der Waals surface area contributed by atoms with Crippen LogP contribution in [0.5, 0.6) is 5.88 Å². The van der Waals surface area contributed by atoms with E-state index < -0.39 is 0 Å². The van der Waals surface area contributed by atoms with Crippen LogP contribution in [0.1, 0.15) is 18.1 Å². The Bertz CT molecular complexity index is 620. The van der Waals surface area contributed by atoms with E-state index in [2.05, 4.69) is 15.3 Å². The van der Waals surface area contributed by atoms with Gasteiger partial charge in [-0.25, -0.2) is 9.97 Å². The van der Waals surface area contributed by atoms with E-state index in [1.165, 1.54) is 6.33 Å². The summed E-state index contributed by atoms with van der Waals surface area (Å²) in [5, 5.41) is 4.60. The minimum Gasteiger partial charge on any atom is -0.478 e. The molecule has 4 nitrogen and oxygen atoms in total. The molecule has 1 aromatic heterocycles. The Morgan fingerprint density at radius 3 is 2.76 bits per heavy atom. The van der Waals surface area contributed by atoms with Gasteiger partial charge >= 0.3 is 0 Å². The lowest BCUT2D eigenvalue weighted by Crippen LogP contribution is -2.09.